The molecule has 118 valence electrons. The van der Waals surface area contributed by atoms with Crippen LogP contribution >= 0.6 is 0 Å². The third-order valence-corrected chi connectivity index (χ3v) is 3.23. The van der Waals surface area contributed by atoms with Crippen LogP contribution in [0.15, 0.2) is 24.3 Å². The largest absolute Gasteiger partial charge is 0.427 e. The number of unbranched alkanes of at least 4 members (excludes halogenated alkanes) is 6. The van der Waals surface area contributed by atoms with Gasteiger partial charge >= 0.3 is 5.97 Å². The lowest BCUT2D eigenvalue weighted by molar-refractivity contribution is -0.384. The zero-order valence-electron chi connectivity index (χ0n) is 12.6. The Morgan fingerprint density at radius 2 is 1.68 bits per heavy atom. The van der Waals surface area contributed by atoms with Crippen molar-refractivity contribution < 1.29 is 14.5 Å². The number of non-ortho nitro benzene ring substituents is 1. The first-order chi connectivity index (χ1) is 10.6. The van der Waals surface area contributed by atoms with E-state index in [1.165, 1.54) is 24.3 Å². The van der Waals surface area contributed by atoms with E-state index in [1.54, 1.807) is 0 Å². The van der Waals surface area contributed by atoms with Gasteiger partial charge in [-0.05, 0) is 25.0 Å². The molecule has 0 radical (unpaired) electrons. The molecule has 22 heavy (non-hydrogen) atoms. The third-order valence-electron chi connectivity index (χ3n) is 3.23. The summed E-state index contributed by atoms with van der Waals surface area (Å²) in [7, 11) is 0. The molecule has 0 spiro atoms. The molecule has 0 amide bonds. The van der Waals surface area contributed by atoms with E-state index in [0.717, 1.165) is 44.9 Å². The first kappa shape index (κ1) is 17.7. The van der Waals surface area contributed by atoms with E-state index in [4.69, 9.17) is 11.2 Å². The highest BCUT2D eigenvalue weighted by Crippen LogP contribution is 2.18. The predicted molar refractivity (Wildman–Crippen MR) is 84.5 cm³/mol. The van der Waals surface area contributed by atoms with Gasteiger partial charge in [0.25, 0.3) is 5.69 Å². The van der Waals surface area contributed by atoms with Crippen molar-refractivity contribution >= 4 is 11.7 Å². The van der Waals surface area contributed by atoms with E-state index in [1.807, 2.05) is 0 Å². The Morgan fingerprint density at radius 3 is 2.27 bits per heavy atom. The highest BCUT2D eigenvalue weighted by atomic mass is 16.6. The smallest absolute Gasteiger partial charge is 0.311 e. The Balaban J connectivity index is 2.13. The summed E-state index contributed by atoms with van der Waals surface area (Å²) in [6.45, 7) is 0. The molecule has 1 rings (SSSR count). The molecule has 0 atom stereocenters. The number of terminal acetylenes is 1. The van der Waals surface area contributed by atoms with Crippen LogP contribution in [0.2, 0.25) is 0 Å². The minimum absolute atomic E-state index is 0.0235. The molecule has 0 aliphatic carbocycles. The number of nitro groups is 1. The van der Waals surface area contributed by atoms with Crippen LogP contribution in [0.5, 0.6) is 5.75 Å². The van der Waals surface area contributed by atoms with Gasteiger partial charge in [0.05, 0.1) is 4.92 Å². The summed E-state index contributed by atoms with van der Waals surface area (Å²) in [6.07, 6.45) is 12.6. The zero-order valence-corrected chi connectivity index (χ0v) is 12.6. The molecule has 0 N–H and O–H groups in total. The van der Waals surface area contributed by atoms with Crippen LogP contribution in [0.1, 0.15) is 51.4 Å². The lowest BCUT2D eigenvalue weighted by Gasteiger charge is -2.04. The number of carbonyl (C=O) groups is 1. The van der Waals surface area contributed by atoms with E-state index >= 15 is 0 Å². The molecular formula is C17H21NO4. The van der Waals surface area contributed by atoms with Crippen LogP contribution in [0, 0.1) is 22.5 Å². The van der Waals surface area contributed by atoms with E-state index in [9.17, 15) is 14.9 Å². The van der Waals surface area contributed by atoms with Gasteiger partial charge in [-0.1, -0.05) is 25.7 Å². The fourth-order valence-electron chi connectivity index (χ4n) is 2.02. The molecule has 0 saturated heterocycles. The average Bonchev–Trinajstić information content (AvgIpc) is 2.50. The lowest BCUT2D eigenvalue weighted by Crippen LogP contribution is -2.07. The first-order valence-electron chi connectivity index (χ1n) is 7.52. The Hall–Kier alpha value is -2.35. The highest BCUT2D eigenvalue weighted by Gasteiger charge is 2.08. The Bertz CT molecular complexity index is 516. The third kappa shape index (κ3) is 7.44. The molecule has 1 aromatic carbocycles. The Morgan fingerprint density at radius 1 is 1.09 bits per heavy atom. The number of carbonyl (C=O) groups excluding carboxylic acids is 1. The predicted octanol–water partition coefficient (Wildman–Crippen LogP) is 4.25. The van der Waals surface area contributed by atoms with Crippen molar-refractivity contribution in [1.82, 2.24) is 0 Å². The highest BCUT2D eigenvalue weighted by molar-refractivity contribution is 5.72. The minimum Gasteiger partial charge on any atom is -0.427 e. The van der Waals surface area contributed by atoms with Gasteiger partial charge in [-0.25, -0.2) is 0 Å². The number of ether oxygens (including phenoxy) is 1. The quantitative estimate of drug-likeness (QED) is 0.162. The molecule has 0 aliphatic heterocycles. The van der Waals surface area contributed by atoms with Gasteiger partial charge in [0.15, 0.2) is 0 Å². The molecule has 0 bridgehead atoms. The summed E-state index contributed by atoms with van der Waals surface area (Å²) >= 11 is 0. The van der Waals surface area contributed by atoms with E-state index in [2.05, 4.69) is 5.92 Å². The topological polar surface area (TPSA) is 69.4 Å². The van der Waals surface area contributed by atoms with Crippen LogP contribution in [-0.4, -0.2) is 10.9 Å². The molecule has 0 fully saturated rings. The van der Waals surface area contributed by atoms with Gasteiger partial charge in [0.1, 0.15) is 5.75 Å². The SMILES string of the molecule is C#CCCCCCCCCC(=O)Oc1ccc([N+](=O)[O-])cc1. The number of rotatable bonds is 10. The lowest BCUT2D eigenvalue weighted by atomic mass is 10.1. The number of nitrogens with zero attached hydrogens (tertiary/aromatic N) is 1. The molecule has 0 saturated carbocycles. The van der Waals surface area contributed by atoms with Crippen molar-refractivity contribution in [2.24, 2.45) is 0 Å². The number of nitro benzene ring substituents is 1. The molecule has 5 heteroatoms. The van der Waals surface area contributed by atoms with Crippen LogP contribution in [0.25, 0.3) is 0 Å². The number of hydrogen-bond donors (Lipinski definition) is 0. The Kier molecular flexibility index (Phi) is 8.36. The molecule has 5 nitrogen and oxygen atoms in total. The second-order valence-corrected chi connectivity index (χ2v) is 5.05. The second kappa shape index (κ2) is 10.4. The summed E-state index contributed by atoms with van der Waals surface area (Å²) < 4.78 is 5.13. The van der Waals surface area contributed by atoms with Gasteiger partial charge in [0, 0.05) is 25.0 Å². The van der Waals surface area contributed by atoms with Crippen molar-refractivity contribution in [3.05, 3.63) is 34.4 Å². The molecular weight excluding hydrogens is 282 g/mol. The van der Waals surface area contributed by atoms with Crippen molar-refractivity contribution in [2.45, 2.75) is 51.4 Å². The van der Waals surface area contributed by atoms with E-state index < -0.39 is 4.92 Å². The molecule has 0 aromatic heterocycles. The standard InChI is InChI=1S/C17H21NO4/c1-2-3-4-5-6-7-8-9-10-17(19)22-16-13-11-15(12-14-16)18(20)21/h1,11-14H,3-10H2. The summed E-state index contributed by atoms with van der Waals surface area (Å²) in [6, 6.07) is 5.50. The van der Waals surface area contributed by atoms with Crippen LogP contribution in [-0.2, 0) is 4.79 Å². The van der Waals surface area contributed by atoms with Crippen LogP contribution in [0.4, 0.5) is 5.69 Å². The van der Waals surface area contributed by atoms with Crippen LogP contribution < -0.4 is 4.74 Å². The summed E-state index contributed by atoms with van der Waals surface area (Å²) in [4.78, 5) is 21.6. The van der Waals surface area contributed by atoms with Gasteiger partial charge in [0.2, 0.25) is 0 Å². The van der Waals surface area contributed by atoms with Gasteiger partial charge in [-0.3, -0.25) is 14.9 Å². The summed E-state index contributed by atoms with van der Waals surface area (Å²) in [5.41, 5.74) is -0.0235. The van der Waals surface area contributed by atoms with Crippen molar-refractivity contribution in [3.63, 3.8) is 0 Å². The number of hydrogen-bond acceptors (Lipinski definition) is 4. The summed E-state index contributed by atoms with van der Waals surface area (Å²) in [5, 5.41) is 10.5. The molecule has 0 aliphatic rings. The van der Waals surface area contributed by atoms with E-state index in [-0.39, 0.29) is 11.7 Å². The fourth-order valence-corrected chi connectivity index (χ4v) is 2.02. The zero-order chi connectivity index (χ0) is 16.2. The molecule has 0 heterocycles. The van der Waals surface area contributed by atoms with E-state index in [0.29, 0.717) is 12.2 Å². The average molecular weight is 303 g/mol. The maximum atomic E-state index is 11.6. The molecule has 0 unspecified atom stereocenters. The van der Waals surface area contributed by atoms with Crippen molar-refractivity contribution in [2.75, 3.05) is 0 Å². The molecule has 1 aromatic rings. The maximum absolute atomic E-state index is 11.6. The van der Waals surface area contributed by atoms with Gasteiger partial charge in [-0.15, -0.1) is 12.3 Å². The fraction of sp³-hybridized carbons (Fsp3) is 0.471. The first-order valence-corrected chi connectivity index (χ1v) is 7.52. The van der Waals surface area contributed by atoms with Gasteiger partial charge in [-0.2, -0.15) is 0 Å². The monoisotopic (exact) mass is 303 g/mol. The summed E-state index contributed by atoms with van der Waals surface area (Å²) in [5.74, 6) is 2.65. The van der Waals surface area contributed by atoms with Crippen molar-refractivity contribution in [1.29, 1.82) is 0 Å². The van der Waals surface area contributed by atoms with Crippen molar-refractivity contribution in [3.8, 4) is 18.1 Å². The van der Waals surface area contributed by atoms with Crippen LogP contribution in [0.3, 0.4) is 0 Å². The second-order valence-electron chi connectivity index (χ2n) is 5.05. The van der Waals surface area contributed by atoms with Gasteiger partial charge < -0.3 is 4.74 Å². The Labute approximate surface area is 130 Å². The number of benzene rings is 1. The minimum atomic E-state index is -0.491. The number of esters is 1. The maximum Gasteiger partial charge on any atom is 0.311 e. The normalized spacial score (nSPS) is 9.95.